The van der Waals surface area contributed by atoms with E-state index in [4.69, 9.17) is 5.73 Å². The second-order valence-electron chi connectivity index (χ2n) is 4.39. The first-order valence-corrected chi connectivity index (χ1v) is 6.41. The SMILES string of the molecule is CCNC(=O)c1ccc(Nc2cccc(F)c2F)c(N)c1. The van der Waals surface area contributed by atoms with Crippen molar-refractivity contribution in [1.82, 2.24) is 5.32 Å². The van der Waals surface area contributed by atoms with Gasteiger partial charge in [-0.25, -0.2) is 8.78 Å². The fourth-order valence-corrected chi connectivity index (χ4v) is 1.83. The Balaban J connectivity index is 2.25. The van der Waals surface area contributed by atoms with Gasteiger partial charge in [-0.05, 0) is 37.3 Å². The van der Waals surface area contributed by atoms with Crippen LogP contribution in [0.25, 0.3) is 0 Å². The van der Waals surface area contributed by atoms with Crippen molar-refractivity contribution in [3.8, 4) is 0 Å². The fourth-order valence-electron chi connectivity index (χ4n) is 1.83. The lowest BCUT2D eigenvalue weighted by Gasteiger charge is -2.12. The minimum Gasteiger partial charge on any atom is -0.397 e. The standard InChI is InChI=1S/C15H15F2N3O/c1-2-19-15(21)9-6-7-12(11(18)8-9)20-13-5-3-4-10(16)14(13)17/h3-8,20H,2,18H2,1H3,(H,19,21). The number of benzene rings is 2. The molecule has 21 heavy (non-hydrogen) atoms. The van der Waals surface area contributed by atoms with E-state index in [1.54, 1.807) is 12.1 Å². The van der Waals surface area contributed by atoms with E-state index in [9.17, 15) is 13.6 Å². The summed E-state index contributed by atoms with van der Waals surface area (Å²) in [7, 11) is 0. The topological polar surface area (TPSA) is 67.2 Å². The predicted octanol–water partition coefficient (Wildman–Crippen LogP) is 3.04. The number of rotatable bonds is 4. The molecule has 0 fully saturated rings. The van der Waals surface area contributed by atoms with Gasteiger partial charge in [-0.1, -0.05) is 6.07 Å². The molecule has 4 nitrogen and oxygen atoms in total. The molecule has 110 valence electrons. The number of hydrogen-bond acceptors (Lipinski definition) is 3. The van der Waals surface area contributed by atoms with E-state index < -0.39 is 11.6 Å². The molecule has 2 rings (SSSR count). The average molecular weight is 291 g/mol. The van der Waals surface area contributed by atoms with E-state index in [2.05, 4.69) is 10.6 Å². The molecule has 0 aliphatic heterocycles. The van der Waals surface area contributed by atoms with Gasteiger partial charge < -0.3 is 16.4 Å². The number of nitrogens with one attached hydrogen (secondary N) is 2. The highest BCUT2D eigenvalue weighted by atomic mass is 19.2. The third kappa shape index (κ3) is 3.28. The molecule has 0 heterocycles. The van der Waals surface area contributed by atoms with E-state index >= 15 is 0 Å². The zero-order valence-electron chi connectivity index (χ0n) is 11.4. The molecule has 0 aliphatic carbocycles. The number of carbonyl (C=O) groups excluding carboxylic acids is 1. The van der Waals surface area contributed by atoms with E-state index in [1.165, 1.54) is 18.2 Å². The first-order valence-electron chi connectivity index (χ1n) is 6.41. The van der Waals surface area contributed by atoms with Gasteiger partial charge in [-0.2, -0.15) is 0 Å². The highest BCUT2D eigenvalue weighted by Gasteiger charge is 2.11. The van der Waals surface area contributed by atoms with Crippen molar-refractivity contribution in [1.29, 1.82) is 0 Å². The van der Waals surface area contributed by atoms with Crippen molar-refractivity contribution < 1.29 is 13.6 Å². The zero-order valence-corrected chi connectivity index (χ0v) is 11.4. The molecular weight excluding hydrogens is 276 g/mol. The lowest BCUT2D eigenvalue weighted by Crippen LogP contribution is -2.22. The Morgan fingerprint density at radius 1 is 1.19 bits per heavy atom. The van der Waals surface area contributed by atoms with Crippen LogP contribution in [0.5, 0.6) is 0 Å². The molecule has 0 spiro atoms. The predicted molar refractivity (Wildman–Crippen MR) is 78.5 cm³/mol. The van der Waals surface area contributed by atoms with Crippen LogP contribution in [-0.4, -0.2) is 12.5 Å². The van der Waals surface area contributed by atoms with Crippen LogP contribution in [-0.2, 0) is 0 Å². The number of nitrogens with two attached hydrogens (primary N) is 1. The highest BCUT2D eigenvalue weighted by molar-refractivity contribution is 5.96. The summed E-state index contributed by atoms with van der Waals surface area (Å²) in [5, 5.41) is 5.36. The monoisotopic (exact) mass is 291 g/mol. The van der Waals surface area contributed by atoms with Crippen molar-refractivity contribution in [3.63, 3.8) is 0 Å². The third-order valence-electron chi connectivity index (χ3n) is 2.87. The van der Waals surface area contributed by atoms with Crippen LogP contribution >= 0.6 is 0 Å². The van der Waals surface area contributed by atoms with E-state index in [1.807, 2.05) is 6.92 Å². The summed E-state index contributed by atoms with van der Waals surface area (Å²) in [6.45, 7) is 2.32. The van der Waals surface area contributed by atoms with Crippen molar-refractivity contribution >= 4 is 23.0 Å². The third-order valence-corrected chi connectivity index (χ3v) is 2.87. The lowest BCUT2D eigenvalue weighted by atomic mass is 10.1. The number of anilines is 3. The molecule has 0 aromatic heterocycles. The summed E-state index contributed by atoms with van der Waals surface area (Å²) >= 11 is 0. The van der Waals surface area contributed by atoms with Gasteiger partial charge in [0.15, 0.2) is 11.6 Å². The highest BCUT2D eigenvalue weighted by Crippen LogP contribution is 2.26. The Morgan fingerprint density at radius 3 is 2.62 bits per heavy atom. The van der Waals surface area contributed by atoms with Crippen molar-refractivity contribution in [2.75, 3.05) is 17.6 Å². The number of amides is 1. The first kappa shape index (κ1) is 14.8. The lowest BCUT2D eigenvalue weighted by molar-refractivity contribution is 0.0956. The molecular formula is C15H15F2N3O. The minimum atomic E-state index is -0.982. The molecule has 2 aromatic carbocycles. The number of hydrogen-bond donors (Lipinski definition) is 3. The minimum absolute atomic E-state index is 0.0209. The molecule has 4 N–H and O–H groups in total. The normalized spacial score (nSPS) is 10.2. The van der Waals surface area contributed by atoms with Gasteiger partial charge in [0, 0.05) is 12.1 Å². The fraction of sp³-hybridized carbons (Fsp3) is 0.133. The van der Waals surface area contributed by atoms with Gasteiger partial charge >= 0.3 is 0 Å². The van der Waals surface area contributed by atoms with Crippen LogP contribution in [0.3, 0.4) is 0 Å². The van der Waals surface area contributed by atoms with E-state index in [-0.39, 0.29) is 17.3 Å². The molecule has 0 unspecified atom stereocenters. The Bertz CT molecular complexity index is 674. The van der Waals surface area contributed by atoms with Gasteiger partial charge in [-0.3, -0.25) is 4.79 Å². The van der Waals surface area contributed by atoms with E-state index in [0.29, 0.717) is 17.8 Å². The molecule has 0 aliphatic rings. The maximum atomic E-state index is 13.6. The molecule has 0 saturated carbocycles. The van der Waals surface area contributed by atoms with Crippen LogP contribution in [0, 0.1) is 11.6 Å². The van der Waals surface area contributed by atoms with Gasteiger partial charge in [0.2, 0.25) is 0 Å². The summed E-state index contributed by atoms with van der Waals surface area (Å²) in [5.74, 6) is -2.17. The Kier molecular flexibility index (Phi) is 4.37. The largest absolute Gasteiger partial charge is 0.397 e. The quantitative estimate of drug-likeness (QED) is 0.758. The zero-order chi connectivity index (χ0) is 15.4. The average Bonchev–Trinajstić information content (AvgIpc) is 2.46. The summed E-state index contributed by atoms with van der Waals surface area (Å²) in [6.07, 6.45) is 0. The summed E-state index contributed by atoms with van der Waals surface area (Å²) in [5.41, 5.74) is 6.88. The van der Waals surface area contributed by atoms with Crippen LogP contribution in [0.15, 0.2) is 36.4 Å². The Labute approximate surface area is 121 Å². The van der Waals surface area contributed by atoms with Gasteiger partial charge in [-0.15, -0.1) is 0 Å². The molecule has 2 aromatic rings. The molecule has 0 radical (unpaired) electrons. The van der Waals surface area contributed by atoms with Gasteiger partial charge in [0.1, 0.15) is 0 Å². The summed E-state index contributed by atoms with van der Waals surface area (Å²) in [6, 6.07) is 8.40. The Morgan fingerprint density at radius 2 is 1.95 bits per heavy atom. The van der Waals surface area contributed by atoms with Crippen LogP contribution in [0.1, 0.15) is 17.3 Å². The molecule has 0 saturated heterocycles. The number of halogens is 2. The molecule has 0 bridgehead atoms. The number of nitrogen functional groups attached to an aromatic ring is 1. The second-order valence-corrected chi connectivity index (χ2v) is 4.39. The van der Waals surface area contributed by atoms with Crippen molar-refractivity contribution in [2.45, 2.75) is 6.92 Å². The number of carbonyl (C=O) groups is 1. The van der Waals surface area contributed by atoms with Crippen molar-refractivity contribution in [2.24, 2.45) is 0 Å². The van der Waals surface area contributed by atoms with Crippen LogP contribution in [0.2, 0.25) is 0 Å². The van der Waals surface area contributed by atoms with Crippen LogP contribution in [0.4, 0.5) is 25.8 Å². The van der Waals surface area contributed by atoms with Gasteiger partial charge in [0.25, 0.3) is 5.91 Å². The smallest absolute Gasteiger partial charge is 0.251 e. The summed E-state index contributed by atoms with van der Waals surface area (Å²) < 4.78 is 26.7. The second kappa shape index (κ2) is 6.21. The van der Waals surface area contributed by atoms with Crippen LogP contribution < -0.4 is 16.4 Å². The maximum absolute atomic E-state index is 13.6. The molecule has 1 amide bonds. The summed E-state index contributed by atoms with van der Waals surface area (Å²) in [4.78, 5) is 11.7. The molecule has 0 atom stereocenters. The maximum Gasteiger partial charge on any atom is 0.251 e. The van der Waals surface area contributed by atoms with Crippen molar-refractivity contribution in [3.05, 3.63) is 53.6 Å². The Hall–Kier alpha value is -2.63. The van der Waals surface area contributed by atoms with Gasteiger partial charge in [0.05, 0.1) is 17.1 Å². The van der Waals surface area contributed by atoms with E-state index in [0.717, 1.165) is 6.07 Å². The molecule has 6 heteroatoms. The first-order chi connectivity index (χ1) is 10.0.